The molecule has 25 heavy (non-hydrogen) atoms. The number of hydrogen-bond donors (Lipinski definition) is 1. The van der Waals surface area contributed by atoms with E-state index in [1.54, 1.807) is 30.3 Å². The van der Waals surface area contributed by atoms with Crippen LogP contribution in [0, 0.1) is 5.92 Å². The van der Waals surface area contributed by atoms with Gasteiger partial charge >= 0.3 is 6.36 Å². The molecule has 1 aliphatic carbocycles. The van der Waals surface area contributed by atoms with Crippen molar-refractivity contribution in [1.82, 2.24) is 0 Å². The molecule has 1 saturated carbocycles. The Labute approximate surface area is 144 Å². The van der Waals surface area contributed by atoms with E-state index < -0.39 is 6.36 Å². The highest BCUT2D eigenvalue weighted by Gasteiger charge is 2.32. The molecular formula is C19H19F3O3. The fourth-order valence-electron chi connectivity index (χ4n) is 2.73. The topological polar surface area (TPSA) is 38.7 Å². The summed E-state index contributed by atoms with van der Waals surface area (Å²) in [7, 11) is 0. The van der Waals surface area contributed by atoms with Crippen LogP contribution in [-0.4, -0.2) is 18.1 Å². The van der Waals surface area contributed by atoms with Gasteiger partial charge in [-0.1, -0.05) is 30.7 Å². The number of aliphatic hydroxyl groups is 1. The monoisotopic (exact) mass is 352 g/mol. The van der Waals surface area contributed by atoms with Crippen molar-refractivity contribution in [2.24, 2.45) is 5.92 Å². The van der Waals surface area contributed by atoms with Crippen molar-refractivity contribution in [2.45, 2.75) is 32.2 Å². The second kappa shape index (κ2) is 7.35. The summed E-state index contributed by atoms with van der Waals surface area (Å²) in [6, 6.07) is 11.5. The van der Waals surface area contributed by atoms with Gasteiger partial charge in [-0.15, -0.1) is 13.2 Å². The fraction of sp³-hybridized carbons (Fsp3) is 0.368. The average Bonchev–Trinajstić information content (AvgIpc) is 2.53. The molecule has 6 heteroatoms. The van der Waals surface area contributed by atoms with Crippen LogP contribution in [0.25, 0.3) is 11.1 Å². The lowest BCUT2D eigenvalue weighted by Gasteiger charge is -2.26. The van der Waals surface area contributed by atoms with Crippen LogP contribution in [0.4, 0.5) is 13.2 Å². The molecule has 3 rings (SSSR count). The van der Waals surface area contributed by atoms with E-state index in [0.29, 0.717) is 18.1 Å². The molecule has 1 N–H and O–H groups in total. The predicted octanol–water partition coefficient (Wildman–Crippen LogP) is 4.92. The van der Waals surface area contributed by atoms with Crippen LogP contribution in [0.15, 0.2) is 42.5 Å². The number of alkyl halides is 3. The van der Waals surface area contributed by atoms with E-state index in [2.05, 4.69) is 4.74 Å². The number of aliphatic hydroxyl groups excluding tert-OH is 1. The largest absolute Gasteiger partial charge is 0.573 e. The van der Waals surface area contributed by atoms with Crippen LogP contribution in [0.5, 0.6) is 11.5 Å². The minimum atomic E-state index is -4.77. The van der Waals surface area contributed by atoms with E-state index in [-0.39, 0.29) is 18.1 Å². The number of halogens is 3. The van der Waals surface area contributed by atoms with Gasteiger partial charge in [-0.25, -0.2) is 0 Å². The van der Waals surface area contributed by atoms with E-state index >= 15 is 0 Å². The Balaban J connectivity index is 1.88. The maximum absolute atomic E-state index is 12.6. The van der Waals surface area contributed by atoms with Gasteiger partial charge in [0, 0.05) is 0 Å². The Bertz CT molecular complexity index is 724. The van der Waals surface area contributed by atoms with Gasteiger partial charge in [0.25, 0.3) is 0 Å². The average molecular weight is 352 g/mol. The minimum Gasteiger partial charge on any atom is -0.489 e. The van der Waals surface area contributed by atoms with Crippen molar-refractivity contribution in [2.75, 3.05) is 6.61 Å². The summed E-state index contributed by atoms with van der Waals surface area (Å²) in [5.74, 6) is 0.130. The van der Waals surface area contributed by atoms with Crippen LogP contribution >= 0.6 is 0 Å². The number of hydrogen-bond acceptors (Lipinski definition) is 3. The lowest BCUT2D eigenvalue weighted by atomic mass is 9.86. The molecule has 0 aliphatic heterocycles. The van der Waals surface area contributed by atoms with Gasteiger partial charge in [0.15, 0.2) is 11.5 Å². The first-order chi connectivity index (χ1) is 11.9. The quantitative estimate of drug-likeness (QED) is 0.802. The zero-order chi connectivity index (χ0) is 17.9. The molecule has 0 unspecified atom stereocenters. The first-order valence-corrected chi connectivity index (χ1v) is 8.17. The Morgan fingerprint density at radius 2 is 1.76 bits per heavy atom. The van der Waals surface area contributed by atoms with Gasteiger partial charge in [-0.2, -0.15) is 0 Å². The Hall–Kier alpha value is -2.21. The van der Waals surface area contributed by atoms with Gasteiger partial charge < -0.3 is 14.6 Å². The Morgan fingerprint density at radius 3 is 2.40 bits per heavy atom. The normalized spacial score (nSPS) is 14.9. The second-order valence-corrected chi connectivity index (χ2v) is 6.18. The van der Waals surface area contributed by atoms with Gasteiger partial charge in [0.2, 0.25) is 0 Å². The molecule has 134 valence electrons. The van der Waals surface area contributed by atoms with Crippen molar-refractivity contribution in [3.8, 4) is 22.6 Å². The van der Waals surface area contributed by atoms with Gasteiger partial charge in [-0.3, -0.25) is 0 Å². The zero-order valence-corrected chi connectivity index (χ0v) is 13.6. The summed E-state index contributed by atoms with van der Waals surface area (Å²) in [6.07, 6.45) is -1.57. The van der Waals surface area contributed by atoms with Crippen molar-refractivity contribution >= 4 is 0 Å². The molecule has 0 amide bonds. The fourth-order valence-corrected chi connectivity index (χ4v) is 2.73. The molecule has 1 aliphatic rings. The van der Waals surface area contributed by atoms with Crippen LogP contribution < -0.4 is 9.47 Å². The summed E-state index contributed by atoms with van der Waals surface area (Å²) in [4.78, 5) is 0. The third-order valence-electron chi connectivity index (χ3n) is 4.31. The third kappa shape index (κ3) is 4.66. The van der Waals surface area contributed by atoms with Crippen LogP contribution in [0.1, 0.15) is 24.8 Å². The maximum atomic E-state index is 12.6. The second-order valence-electron chi connectivity index (χ2n) is 6.18. The van der Waals surface area contributed by atoms with Crippen molar-refractivity contribution in [3.63, 3.8) is 0 Å². The zero-order valence-electron chi connectivity index (χ0n) is 13.6. The highest BCUT2D eigenvalue weighted by Crippen LogP contribution is 2.37. The van der Waals surface area contributed by atoms with Gasteiger partial charge in [0.05, 0.1) is 13.2 Å². The smallest absolute Gasteiger partial charge is 0.489 e. The highest BCUT2D eigenvalue weighted by atomic mass is 19.4. The predicted molar refractivity (Wildman–Crippen MR) is 87.3 cm³/mol. The molecule has 0 atom stereocenters. The summed E-state index contributed by atoms with van der Waals surface area (Å²) in [6.45, 7) is 0.280. The summed E-state index contributed by atoms with van der Waals surface area (Å²) in [5.41, 5.74) is 2.22. The molecule has 3 nitrogen and oxygen atoms in total. The molecule has 0 heterocycles. The lowest BCUT2D eigenvalue weighted by molar-refractivity contribution is -0.275. The third-order valence-corrected chi connectivity index (χ3v) is 4.31. The van der Waals surface area contributed by atoms with Crippen molar-refractivity contribution in [1.29, 1.82) is 0 Å². The number of rotatable bonds is 6. The molecule has 1 fully saturated rings. The summed E-state index contributed by atoms with van der Waals surface area (Å²) < 4.78 is 47.6. The van der Waals surface area contributed by atoms with Gasteiger partial charge in [0.1, 0.15) is 0 Å². The van der Waals surface area contributed by atoms with E-state index in [0.717, 1.165) is 30.4 Å². The first-order valence-electron chi connectivity index (χ1n) is 8.17. The molecule has 0 aromatic heterocycles. The molecule has 0 bridgehead atoms. The molecule has 2 aromatic carbocycles. The van der Waals surface area contributed by atoms with E-state index in [4.69, 9.17) is 4.74 Å². The van der Waals surface area contributed by atoms with Crippen LogP contribution in [0.2, 0.25) is 0 Å². The Morgan fingerprint density at radius 1 is 1.00 bits per heavy atom. The molecule has 0 saturated heterocycles. The first kappa shape index (κ1) is 17.6. The Kier molecular flexibility index (Phi) is 5.18. The summed E-state index contributed by atoms with van der Waals surface area (Å²) in [5, 5.41) is 9.24. The number of benzene rings is 2. The molecule has 0 radical (unpaired) electrons. The SMILES string of the molecule is OCc1cccc(-c2ccc(OC(F)(F)F)c(OCC3CCC3)c2)c1. The lowest BCUT2D eigenvalue weighted by Crippen LogP contribution is -2.21. The minimum absolute atomic E-state index is 0.0797. The standard InChI is InChI=1S/C19H19F3O3/c20-19(21,22)25-17-8-7-16(15-6-2-5-14(9-15)11-23)10-18(17)24-12-13-3-1-4-13/h2,5-10,13,23H,1,3-4,11-12H2. The van der Waals surface area contributed by atoms with Crippen molar-refractivity contribution in [3.05, 3.63) is 48.0 Å². The number of ether oxygens (including phenoxy) is 2. The van der Waals surface area contributed by atoms with E-state index in [1.165, 1.54) is 6.07 Å². The molecule has 0 spiro atoms. The maximum Gasteiger partial charge on any atom is 0.573 e. The van der Waals surface area contributed by atoms with Gasteiger partial charge in [-0.05, 0) is 53.6 Å². The van der Waals surface area contributed by atoms with Crippen LogP contribution in [-0.2, 0) is 6.61 Å². The van der Waals surface area contributed by atoms with Crippen LogP contribution in [0.3, 0.4) is 0 Å². The van der Waals surface area contributed by atoms with E-state index in [9.17, 15) is 18.3 Å². The molecule has 2 aromatic rings. The van der Waals surface area contributed by atoms with E-state index in [1.807, 2.05) is 6.07 Å². The molecular weight excluding hydrogens is 333 g/mol. The highest BCUT2D eigenvalue weighted by molar-refractivity contribution is 5.67. The van der Waals surface area contributed by atoms with Crippen molar-refractivity contribution < 1.29 is 27.8 Å². The summed E-state index contributed by atoms with van der Waals surface area (Å²) >= 11 is 0.